The van der Waals surface area contributed by atoms with E-state index in [4.69, 9.17) is 18.9 Å². The molecule has 0 unspecified atom stereocenters. The van der Waals surface area contributed by atoms with E-state index in [1.165, 1.54) is 70.4 Å². The zero-order valence-corrected chi connectivity index (χ0v) is 30.6. The Bertz CT molecular complexity index is 1830. The summed E-state index contributed by atoms with van der Waals surface area (Å²) in [6.07, 6.45) is 8.22. The van der Waals surface area contributed by atoms with Gasteiger partial charge in [0, 0.05) is 22.2 Å². The topological polar surface area (TPSA) is 43.4 Å². The van der Waals surface area contributed by atoms with E-state index in [9.17, 15) is 0 Å². The van der Waals surface area contributed by atoms with E-state index in [1.807, 2.05) is 29.5 Å². The second-order valence-corrected chi connectivity index (χ2v) is 14.9. The molecule has 7 heteroatoms. The largest absolute Gasteiger partial charge is 0.493 e. The number of fused-ring (bicyclic) bond motifs is 1. The molecule has 2 atom stereocenters. The van der Waals surface area contributed by atoms with Crippen molar-refractivity contribution in [3.63, 3.8) is 0 Å². The molecule has 1 saturated heterocycles. The molecule has 262 valence electrons. The Hall–Kier alpha value is -4.04. The van der Waals surface area contributed by atoms with Crippen molar-refractivity contribution in [3.8, 4) is 33.4 Å². The van der Waals surface area contributed by atoms with Gasteiger partial charge in [-0.1, -0.05) is 42.8 Å². The van der Waals surface area contributed by atoms with Crippen LogP contribution in [0.5, 0.6) is 23.0 Å². The summed E-state index contributed by atoms with van der Waals surface area (Å²) < 4.78 is 26.2. The second kappa shape index (κ2) is 16.3. The van der Waals surface area contributed by atoms with Crippen LogP contribution in [-0.4, -0.2) is 69.4 Å². The quantitative estimate of drug-likeness (QED) is 0.116. The summed E-state index contributed by atoms with van der Waals surface area (Å²) in [5.41, 5.74) is 4.84. The van der Waals surface area contributed by atoms with Crippen molar-refractivity contribution in [2.75, 3.05) is 47.4 Å². The number of thiophene rings is 1. The van der Waals surface area contributed by atoms with Crippen LogP contribution in [0.2, 0.25) is 0 Å². The van der Waals surface area contributed by atoms with Gasteiger partial charge in [0.2, 0.25) is 0 Å². The number of rotatable bonds is 14. The number of benzene rings is 4. The number of ether oxygens (including phenoxy) is 4. The maximum atomic E-state index is 6.65. The molecule has 1 aliphatic carbocycles. The molecule has 1 saturated carbocycles. The fourth-order valence-corrected chi connectivity index (χ4v) is 8.72. The highest BCUT2D eigenvalue weighted by molar-refractivity contribution is 7.22. The van der Waals surface area contributed by atoms with Gasteiger partial charge in [-0.3, -0.25) is 4.90 Å². The minimum atomic E-state index is 0.163. The average molecular weight is 691 g/mol. The summed E-state index contributed by atoms with van der Waals surface area (Å²) in [6, 6.07) is 32.4. The highest BCUT2D eigenvalue weighted by Crippen LogP contribution is 2.43. The van der Waals surface area contributed by atoms with Crippen molar-refractivity contribution in [2.45, 2.75) is 63.7 Å². The van der Waals surface area contributed by atoms with Gasteiger partial charge in [-0.25, -0.2) is 0 Å². The molecular weight excluding hydrogens is 641 g/mol. The Labute approximate surface area is 301 Å². The van der Waals surface area contributed by atoms with Gasteiger partial charge in [0.1, 0.15) is 30.8 Å². The number of likely N-dealkylation sites (tertiary alicyclic amines) is 1. The van der Waals surface area contributed by atoms with Gasteiger partial charge in [0.25, 0.3) is 0 Å². The van der Waals surface area contributed by atoms with Crippen molar-refractivity contribution >= 4 is 21.4 Å². The average Bonchev–Trinajstić information content (AvgIpc) is 3.80. The minimum absolute atomic E-state index is 0.163. The van der Waals surface area contributed by atoms with Crippen molar-refractivity contribution in [1.82, 2.24) is 9.80 Å². The molecule has 1 aromatic heterocycles. The zero-order chi connectivity index (χ0) is 34.3. The lowest BCUT2D eigenvalue weighted by molar-refractivity contribution is 0.0601. The third-order valence-corrected chi connectivity index (χ3v) is 11.5. The van der Waals surface area contributed by atoms with Crippen molar-refractivity contribution in [1.29, 1.82) is 0 Å². The molecule has 4 aromatic carbocycles. The summed E-state index contributed by atoms with van der Waals surface area (Å²) in [7, 11) is 6.06. The highest BCUT2D eigenvalue weighted by atomic mass is 32.1. The molecule has 0 spiro atoms. The van der Waals surface area contributed by atoms with Gasteiger partial charge >= 0.3 is 0 Å². The van der Waals surface area contributed by atoms with Crippen LogP contribution in [0, 0.1) is 0 Å². The Kier molecular flexibility index (Phi) is 11.2. The lowest BCUT2D eigenvalue weighted by atomic mass is 9.91. The third-order valence-electron chi connectivity index (χ3n) is 10.2. The van der Waals surface area contributed by atoms with Crippen molar-refractivity contribution in [2.24, 2.45) is 0 Å². The van der Waals surface area contributed by atoms with Crippen LogP contribution in [0.3, 0.4) is 0 Å². The van der Waals surface area contributed by atoms with E-state index in [1.54, 1.807) is 7.11 Å². The molecule has 7 rings (SSSR count). The fourth-order valence-electron chi connectivity index (χ4n) is 7.46. The lowest BCUT2D eigenvalue weighted by Gasteiger charge is -2.36. The molecule has 2 aliphatic rings. The number of methoxy groups -OCH3 is 1. The molecule has 2 heterocycles. The van der Waals surface area contributed by atoms with Gasteiger partial charge < -0.3 is 23.8 Å². The first kappa shape index (κ1) is 34.4. The summed E-state index contributed by atoms with van der Waals surface area (Å²) in [5.74, 6) is 3.41. The Morgan fingerprint density at radius 2 is 1.54 bits per heavy atom. The Morgan fingerprint density at radius 1 is 0.760 bits per heavy atom. The van der Waals surface area contributed by atoms with Gasteiger partial charge in [-0.15, -0.1) is 11.3 Å². The molecule has 0 radical (unpaired) electrons. The molecule has 0 N–H and O–H groups in total. The summed E-state index contributed by atoms with van der Waals surface area (Å²) in [5, 5.41) is 1.25. The van der Waals surface area contributed by atoms with E-state index < -0.39 is 0 Å². The summed E-state index contributed by atoms with van der Waals surface area (Å²) in [4.78, 5) is 6.05. The van der Waals surface area contributed by atoms with E-state index in [-0.39, 0.29) is 6.10 Å². The smallest absolute Gasteiger partial charge is 0.161 e. The van der Waals surface area contributed by atoms with Crippen LogP contribution in [0.4, 0.5) is 0 Å². The minimum Gasteiger partial charge on any atom is -0.493 e. The van der Waals surface area contributed by atoms with Crippen molar-refractivity contribution < 1.29 is 18.9 Å². The maximum Gasteiger partial charge on any atom is 0.161 e. The van der Waals surface area contributed by atoms with E-state index in [2.05, 4.69) is 96.7 Å². The van der Waals surface area contributed by atoms with Crippen LogP contribution < -0.4 is 18.9 Å². The zero-order valence-electron chi connectivity index (χ0n) is 29.7. The normalized spacial score (nSPS) is 18.1. The van der Waals surface area contributed by atoms with Gasteiger partial charge in [0.05, 0.1) is 7.11 Å². The molecule has 0 amide bonds. The van der Waals surface area contributed by atoms with Crippen LogP contribution in [-0.2, 0) is 13.0 Å². The molecule has 5 aromatic rings. The summed E-state index contributed by atoms with van der Waals surface area (Å²) >= 11 is 1.82. The predicted molar refractivity (Wildman–Crippen MR) is 205 cm³/mol. The highest BCUT2D eigenvalue weighted by Gasteiger charge is 2.29. The molecule has 1 aliphatic heterocycles. The number of hydrogen-bond acceptors (Lipinski definition) is 7. The predicted octanol–water partition coefficient (Wildman–Crippen LogP) is 9.47. The first-order valence-corrected chi connectivity index (χ1v) is 19.0. The van der Waals surface area contributed by atoms with E-state index in [0.717, 1.165) is 61.0 Å². The standard InChI is InChI=1S/C43H50N2O4S/c1-44(2)38-13-7-8-14-39(38)49-40-22-15-32(28-41(40)46-3)27-37-36-21-20-35(48-30-31-11-5-4-6-12-31)29-42(36)50-43(37)33-16-18-34(19-17-33)47-26-25-45-23-9-10-24-45/h4-6,11-12,15-22,28-29,38-39H,7-10,13-14,23-27,30H2,1-3H3/t38-,39-/m1/s1. The number of hydrogen-bond donors (Lipinski definition) is 0. The fraction of sp³-hybridized carbons (Fsp3) is 0.395. The molecular formula is C43H50N2O4S. The third kappa shape index (κ3) is 8.28. The monoisotopic (exact) mass is 690 g/mol. The van der Waals surface area contributed by atoms with E-state index in [0.29, 0.717) is 12.6 Å². The second-order valence-electron chi connectivity index (χ2n) is 13.9. The lowest BCUT2D eigenvalue weighted by Crippen LogP contribution is -2.44. The van der Waals surface area contributed by atoms with Crippen LogP contribution in [0.25, 0.3) is 20.5 Å². The SMILES string of the molecule is COc1cc(Cc2c(-c3ccc(OCCN4CCCC4)cc3)sc3cc(OCc4ccccc4)ccc23)ccc1O[C@@H]1CCCC[C@H]1N(C)C. The number of nitrogens with zero attached hydrogens (tertiary/aromatic N) is 2. The van der Waals surface area contributed by atoms with Crippen LogP contribution >= 0.6 is 11.3 Å². The van der Waals surface area contributed by atoms with Gasteiger partial charge in [-0.2, -0.15) is 0 Å². The molecule has 0 bridgehead atoms. The summed E-state index contributed by atoms with van der Waals surface area (Å²) in [6.45, 7) is 4.63. The Balaban J connectivity index is 1.15. The molecule has 6 nitrogen and oxygen atoms in total. The maximum absolute atomic E-state index is 6.65. The van der Waals surface area contributed by atoms with E-state index >= 15 is 0 Å². The molecule has 50 heavy (non-hydrogen) atoms. The first-order chi connectivity index (χ1) is 24.5. The van der Waals surface area contributed by atoms with Crippen LogP contribution in [0.15, 0.2) is 91.0 Å². The first-order valence-electron chi connectivity index (χ1n) is 18.2. The van der Waals surface area contributed by atoms with Crippen molar-refractivity contribution in [3.05, 3.63) is 108 Å². The number of likely N-dealkylation sites (N-methyl/N-ethyl adjacent to an activating group) is 1. The van der Waals surface area contributed by atoms with Crippen LogP contribution in [0.1, 0.15) is 55.2 Å². The van der Waals surface area contributed by atoms with Gasteiger partial charge in [0.15, 0.2) is 11.5 Å². The van der Waals surface area contributed by atoms with Gasteiger partial charge in [-0.05, 0) is 148 Å². The molecule has 2 fully saturated rings. The Morgan fingerprint density at radius 3 is 2.32 bits per heavy atom.